The minimum Gasteiger partial charge on any atom is -0.321 e. The fraction of sp³-hybridized carbons (Fsp3) is 0. The van der Waals surface area contributed by atoms with Gasteiger partial charge in [0.15, 0.2) is 5.82 Å². The van der Waals surface area contributed by atoms with Crippen LogP contribution in [0.2, 0.25) is 0 Å². The van der Waals surface area contributed by atoms with E-state index in [0.717, 1.165) is 10.8 Å². The van der Waals surface area contributed by atoms with Crippen LogP contribution < -0.4 is 16.6 Å². The lowest BCUT2D eigenvalue weighted by Crippen LogP contribution is -2.16. The zero-order valence-corrected chi connectivity index (χ0v) is 11.1. The number of nitrogen functional groups attached to an aromatic ring is 1. The van der Waals surface area contributed by atoms with Gasteiger partial charge < -0.3 is 10.7 Å². The Morgan fingerprint density at radius 3 is 2.67 bits per heavy atom. The molecule has 0 spiro atoms. The average molecular weight is 279 g/mol. The largest absolute Gasteiger partial charge is 0.321 e. The van der Waals surface area contributed by atoms with Crippen molar-refractivity contribution in [3.63, 3.8) is 0 Å². The maximum Gasteiger partial charge on any atom is 0.275 e. The molecule has 4 N–H and O–H groups in total. The average Bonchev–Trinajstić information content (AvgIpc) is 2.54. The molecule has 0 aliphatic carbocycles. The summed E-state index contributed by atoms with van der Waals surface area (Å²) in [6.45, 7) is 0. The van der Waals surface area contributed by atoms with Crippen LogP contribution in [0.25, 0.3) is 10.8 Å². The molecule has 0 bridgehead atoms. The van der Waals surface area contributed by atoms with Crippen molar-refractivity contribution in [3.8, 4) is 0 Å². The van der Waals surface area contributed by atoms with E-state index >= 15 is 0 Å². The van der Waals surface area contributed by atoms with E-state index in [4.69, 9.17) is 5.84 Å². The lowest BCUT2D eigenvalue weighted by atomic mass is 10.1. The number of fused-ring (bicyclic) bond motifs is 1. The van der Waals surface area contributed by atoms with Gasteiger partial charge >= 0.3 is 0 Å². The number of nitrogens with one attached hydrogen (secondary N) is 2. The van der Waals surface area contributed by atoms with E-state index in [-0.39, 0.29) is 11.6 Å². The van der Waals surface area contributed by atoms with E-state index in [9.17, 15) is 4.79 Å². The van der Waals surface area contributed by atoms with Crippen molar-refractivity contribution in [2.75, 3.05) is 10.7 Å². The molecule has 0 saturated carbocycles. The highest BCUT2D eigenvalue weighted by atomic mass is 16.1. The van der Waals surface area contributed by atoms with Gasteiger partial charge in [-0.25, -0.2) is 10.8 Å². The van der Waals surface area contributed by atoms with Crippen molar-refractivity contribution in [2.24, 2.45) is 5.84 Å². The predicted molar refractivity (Wildman–Crippen MR) is 81.7 cm³/mol. The number of hydrogen-bond acceptors (Lipinski definition) is 5. The number of amides is 1. The Labute approximate surface area is 121 Å². The van der Waals surface area contributed by atoms with E-state index in [1.807, 2.05) is 42.5 Å². The first-order valence-corrected chi connectivity index (χ1v) is 6.35. The van der Waals surface area contributed by atoms with Gasteiger partial charge in [-0.2, -0.15) is 0 Å². The van der Waals surface area contributed by atoms with Gasteiger partial charge in [0.05, 0.1) is 12.4 Å². The van der Waals surface area contributed by atoms with Crippen LogP contribution in [0.5, 0.6) is 0 Å². The van der Waals surface area contributed by atoms with Crippen LogP contribution in [0.1, 0.15) is 10.5 Å². The number of nitrogens with zero attached hydrogens (tertiary/aromatic N) is 2. The maximum absolute atomic E-state index is 12.1. The first kappa shape index (κ1) is 13.0. The molecule has 1 aromatic heterocycles. The fourth-order valence-corrected chi connectivity index (χ4v) is 2.01. The number of carbonyl (C=O) groups is 1. The van der Waals surface area contributed by atoms with Gasteiger partial charge in [0.2, 0.25) is 0 Å². The summed E-state index contributed by atoms with van der Waals surface area (Å²) in [6.07, 6.45) is 2.82. The first-order chi connectivity index (χ1) is 10.3. The zero-order valence-electron chi connectivity index (χ0n) is 11.1. The molecule has 104 valence electrons. The van der Waals surface area contributed by atoms with Crippen molar-refractivity contribution in [2.45, 2.75) is 0 Å². The Morgan fingerprint density at radius 2 is 1.86 bits per heavy atom. The third-order valence-corrected chi connectivity index (χ3v) is 3.02. The second-order valence-corrected chi connectivity index (χ2v) is 4.45. The quantitative estimate of drug-likeness (QED) is 0.504. The van der Waals surface area contributed by atoms with E-state index < -0.39 is 0 Å². The van der Waals surface area contributed by atoms with Gasteiger partial charge in [0, 0.05) is 5.69 Å². The number of nitrogens with two attached hydrogens (primary N) is 1. The zero-order chi connectivity index (χ0) is 14.7. The fourth-order valence-electron chi connectivity index (χ4n) is 2.01. The Bertz CT molecular complexity index is 803. The molecule has 0 aliphatic heterocycles. The number of rotatable bonds is 3. The van der Waals surface area contributed by atoms with Crippen LogP contribution in [-0.4, -0.2) is 15.9 Å². The Hall–Kier alpha value is -2.99. The molecule has 3 rings (SSSR count). The minimum atomic E-state index is -0.338. The van der Waals surface area contributed by atoms with Gasteiger partial charge in [-0.3, -0.25) is 9.78 Å². The predicted octanol–water partition coefficient (Wildman–Crippen LogP) is 2.17. The molecule has 1 heterocycles. The van der Waals surface area contributed by atoms with Crippen LogP contribution >= 0.6 is 0 Å². The number of benzene rings is 2. The smallest absolute Gasteiger partial charge is 0.275 e. The van der Waals surface area contributed by atoms with Gasteiger partial charge in [-0.1, -0.05) is 30.3 Å². The van der Waals surface area contributed by atoms with Gasteiger partial charge in [-0.15, -0.1) is 0 Å². The molecule has 3 aromatic rings. The molecule has 21 heavy (non-hydrogen) atoms. The summed E-state index contributed by atoms with van der Waals surface area (Å²) in [5, 5.41) is 4.96. The lowest BCUT2D eigenvalue weighted by molar-refractivity contribution is 0.102. The van der Waals surface area contributed by atoms with Crippen LogP contribution in [0.4, 0.5) is 11.5 Å². The van der Waals surface area contributed by atoms with Crippen molar-refractivity contribution >= 4 is 28.2 Å². The lowest BCUT2D eigenvalue weighted by Gasteiger charge is -2.07. The molecular weight excluding hydrogens is 266 g/mol. The second-order valence-electron chi connectivity index (χ2n) is 4.45. The normalized spacial score (nSPS) is 10.3. The topological polar surface area (TPSA) is 92.9 Å². The molecule has 0 aliphatic rings. The van der Waals surface area contributed by atoms with Crippen molar-refractivity contribution in [1.82, 2.24) is 9.97 Å². The third kappa shape index (κ3) is 2.80. The summed E-state index contributed by atoms with van der Waals surface area (Å²) < 4.78 is 0. The molecule has 0 saturated heterocycles. The van der Waals surface area contributed by atoms with Crippen molar-refractivity contribution in [3.05, 3.63) is 60.6 Å². The molecule has 0 unspecified atom stereocenters. The van der Waals surface area contributed by atoms with Gasteiger partial charge in [0.25, 0.3) is 5.91 Å². The Balaban J connectivity index is 1.85. The van der Waals surface area contributed by atoms with Crippen LogP contribution in [-0.2, 0) is 0 Å². The van der Waals surface area contributed by atoms with E-state index in [0.29, 0.717) is 11.5 Å². The van der Waals surface area contributed by atoms with E-state index in [2.05, 4.69) is 20.7 Å². The number of aromatic nitrogens is 2. The maximum atomic E-state index is 12.1. The number of carbonyl (C=O) groups excluding carboxylic acids is 1. The van der Waals surface area contributed by atoms with Crippen molar-refractivity contribution in [1.29, 1.82) is 0 Å². The molecule has 1 amide bonds. The number of hydrogen-bond donors (Lipinski definition) is 3. The van der Waals surface area contributed by atoms with Crippen molar-refractivity contribution < 1.29 is 4.79 Å². The Kier molecular flexibility index (Phi) is 3.44. The molecule has 0 radical (unpaired) electrons. The summed E-state index contributed by atoms with van der Waals surface area (Å²) in [5.41, 5.74) is 3.25. The summed E-state index contributed by atoms with van der Waals surface area (Å²) in [5.74, 6) is 5.25. The SMILES string of the molecule is NNc1cncc(C(=O)Nc2ccc3ccccc3c2)n1. The molecule has 2 aromatic carbocycles. The highest BCUT2D eigenvalue weighted by molar-refractivity contribution is 6.03. The highest BCUT2D eigenvalue weighted by Crippen LogP contribution is 2.19. The van der Waals surface area contributed by atoms with Gasteiger partial charge in [-0.05, 0) is 22.9 Å². The first-order valence-electron chi connectivity index (χ1n) is 6.35. The highest BCUT2D eigenvalue weighted by Gasteiger charge is 2.09. The third-order valence-electron chi connectivity index (χ3n) is 3.02. The monoisotopic (exact) mass is 279 g/mol. The summed E-state index contributed by atoms with van der Waals surface area (Å²) in [6, 6.07) is 13.6. The molecular formula is C15H13N5O. The molecule has 0 atom stereocenters. The second kappa shape index (κ2) is 5.56. The van der Waals surface area contributed by atoms with E-state index in [1.54, 1.807) is 0 Å². The summed E-state index contributed by atoms with van der Waals surface area (Å²) in [4.78, 5) is 20.1. The number of anilines is 2. The summed E-state index contributed by atoms with van der Waals surface area (Å²) in [7, 11) is 0. The van der Waals surface area contributed by atoms with Crippen LogP contribution in [0.3, 0.4) is 0 Å². The van der Waals surface area contributed by atoms with E-state index in [1.165, 1.54) is 12.4 Å². The molecule has 0 fully saturated rings. The van der Waals surface area contributed by atoms with Gasteiger partial charge in [0.1, 0.15) is 5.69 Å². The van der Waals surface area contributed by atoms with Crippen LogP contribution in [0.15, 0.2) is 54.9 Å². The standard InChI is InChI=1S/C15H13N5O/c16-20-14-9-17-8-13(19-14)15(21)18-12-6-5-10-3-1-2-4-11(10)7-12/h1-9H,16H2,(H,18,21)(H,19,20). The minimum absolute atomic E-state index is 0.193. The molecule has 6 nitrogen and oxygen atoms in total. The van der Waals surface area contributed by atoms with Crippen LogP contribution in [0, 0.1) is 0 Å². The molecule has 6 heteroatoms. The number of hydrazine groups is 1. The Morgan fingerprint density at radius 1 is 1.05 bits per heavy atom. The summed E-state index contributed by atoms with van der Waals surface area (Å²) >= 11 is 0.